The van der Waals surface area contributed by atoms with E-state index >= 15 is 0 Å². The van der Waals surface area contributed by atoms with Gasteiger partial charge in [0, 0.05) is 18.0 Å². The minimum absolute atomic E-state index is 0.00718. The fourth-order valence-electron chi connectivity index (χ4n) is 1.35. The summed E-state index contributed by atoms with van der Waals surface area (Å²) in [6, 6.07) is 4.56. The van der Waals surface area contributed by atoms with Gasteiger partial charge in [0.25, 0.3) is 5.91 Å². The van der Waals surface area contributed by atoms with Crippen molar-refractivity contribution in [2.45, 2.75) is 6.61 Å². The molecule has 0 unspecified atom stereocenters. The Bertz CT molecular complexity index is 561. The highest BCUT2D eigenvalue weighted by Crippen LogP contribution is 2.16. The molecule has 0 saturated carbocycles. The van der Waals surface area contributed by atoms with Crippen molar-refractivity contribution in [1.82, 2.24) is 9.97 Å². The molecule has 2 aromatic rings. The molecule has 0 aliphatic heterocycles. The van der Waals surface area contributed by atoms with Crippen LogP contribution in [-0.2, 0) is 6.61 Å². The number of pyridine rings is 2. The summed E-state index contributed by atoms with van der Waals surface area (Å²) >= 11 is 0. The number of hydrogen-bond donors (Lipinski definition) is 1. The number of nitrogens with zero attached hydrogens (tertiary/aromatic N) is 2. The number of halogens is 1. The van der Waals surface area contributed by atoms with Crippen LogP contribution in [0.5, 0.6) is 5.88 Å². The summed E-state index contributed by atoms with van der Waals surface area (Å²) in [4.78, 5) is 18.7. The molecule has 2 aromatic heterocycles. The summed E-state index contributed by atoms with van der Waals surface area (Å²) in [5, 5.41) is 0. The van der Waals surface area contributed by atoms with Crippen LogP contribution < -0.4 is 10.5 Å². The lowest BCUT2D eigenvalue weighted by molar-refractivity contribution is 0.0994. The largest absolute Gasteiger partial charge is 0.472 e. The van der Waals surface area contributed by atoms with Gasteiger partial charge in [-0.25, -0.2) is 9.37 Å². The van der Waals surface area contributed by atoms with Crippen molar-refractivity contribution in [2.75, 3.05) is 0 Å². The van der Waals surface area contributed by atoms with Crippen molar-refractivity contribution >= 4 is 5.91 Å². The van der Waals surface area contributed by atoms with Crippen molar-refractivity contribution in [1.29, 1.82) is 0 Å². The van der Waals surface area contributed by atoms with Gasteiger partial charge >= 0.3 is 0 Å². The van der Waals surface area contributed by atoms with Gasteiger partial charge in [-0.15, -0.1) is 0 Å². The van der Waals surface area contributed by atoms with Gasteiger partial charge in [-0.1, -0.05) is 6.07 Å². The van der Waals surface area contributed by atoms with Gasteiger partial charge in [-0.2, -0.15) is 0 Å². The quantitative estimate of drug-likeness (QED) is 0.883. The molecule has 6 heteroatoms. The van der Waals surface area contributed by atoms with Crippen LogP contribution in [0.4, 0.5) is 4.39 Å². The molecule has 0 atom stereocenters. The van der Waals surface area contributed by atoms with Crippen molar-refractivity contribution in [3.8, 4) is 5.88 Å². The zero-order chi connectivity index (χ0) is 13.0. The Balaban J connectivity index is 2.17. The third-order valence-electron chi connectivity index (χ3n) is 2.18. The Kier molecular flexibility index (Phi) is 3.47. The molecule has 0 spiro atoms. The van der Waals surface area contributed by atoms with E-state index in [1.165, 1.54) is 0 Å². The lowest BCUT2D eigenvalue weighted by Crippen LogP contribution is -2.14. The van der Waals surface area contributed by atoms with Crippen LogP contribution in [0.3, 0.4) is 0 Å². The lowest BCUT2D eigenvalue weighted by atomic mass is 10.2. The average Bonchev–Trinajstić information content (AvgIpc) is 2.38. The predicted octanol–water partition coefficient (Wildman–Crippen LogP) is 1.29. The molecule has 0 saturated heterocycles. The molecule has 0 aliphatic rings. The Morgan fingerprint density at radius 2 is 2.28 bits per heavy atom. The van der Waals surface area contributed by atoms with Gasteiger partial charge in [-0.05, 0) is 12.1 Å². The van der Waals surface area contributed by atoms with E-state index in [0.717, 1.165) is 17.8 Å². The SMILES string of the molecule is NC(=O)c1cc(F)cnc1OCc1cccnc1. The molecule has 92 valence electrons. The van der Waals surface area contributed by atoms with Gasteiger partial charge in [0.2, 0.25) is 5.88 Å². The lowest BCUT2D eigenvalue weighted by Gasteiger charge is -2.08. The monoisotopic (exact) mass is 247 g/mol. The second-order valence-corrected chi connectivity index (χ2v) is 3.52. The second-order valence-electron chi connectivity index (χ2n) is 3.52. The average molecular weight is 247 g/mol. The molecule has 0 radical (unpaired) electrons. The number of amides is 1. The Morgan fingerprint density at radius 3 is 2.94 bits per heavy atom. The molecule has 2 rings (SSSR count). The first kappa shape index (κ1) is 12.0. The molecule has 2 N–H and O–H groups in total. The van der Waals surface area contributed by atoms with Crippen LogP contribution in [0, 0.1) is 5.82 Å². The highest BCUT2D eigenvalue weighted by molar-refractivity contribution is 5.94. The normalized spacial score (nSPS) is 10.1. The van der Waals surface area contributed by atoms with Crippen molar-refractivity contribution in [2.24, 2.45) is 5.73 Å². The summed E-state index contributed by atoms with van der Waals surface area (Å²) in [5.41, 5.74) is 5.83. The first-order valence-electron chi connectivity index (χ1n) is 5.14. The first-order valence-corrected chi connectivity index (χ1v) is 5.14. The number of rotatable bonds is 4. The third kappa shape index (κ3) is 2.79. The van der Waals surface area contributed by atoms with Crippen molar-refractivity contribution in [3.63, 3.8) is 0 Å². The molecule has 0 fully saturated rings. The maximum absolute atomic E-state index is 12.9. The van der Waals surface area contributed by atoms with Gasteiger partial charge in [0.1, 0.15) is 18.0 Å². The smallest absolute Gasteiger partial charge is 0.254 e. The van der Waals surface area contributed by atoms with E-state index in [0.29, 0.717) is 0 Å². The maximum atomic E-state index is 12.9. The number of aromatic nitrogens is 2. The summed E-state index contributed by atoms with van der Waals surface area (Å²) in [7, 11) is 0. The second kappa shape index (κ2) is 5.22. The molecule has 0 aliphatic carbocycles. The van der Waals surface area contributed by atoms with E-state index in [9.17, 15) is 9.18 Å². The highest BCUT2D eigenvalue weighted by Gasteiger charge is 2.12. The highest BCUT2D eigenvalue weighted by atomic mass is 19.1. The summed E-state index contributed by atoms with van der Waals surface area (Å²) < 4.78 is 18.3. The number of nitrogens with two attached hydrogens (primary N) is 1. The molecular weight excluding hydrogens is 237 g/mol. The van der Waals surface area contributed by atoms with Gasteiger partial charge < -0.3 is 10.5 Å². The molecule has 5 nitrogen and oxygen atoms in total. The number of carbonyl (C=O) groups excluding carboxylic acids is 1. The molecule has 18 heavy (non-hydrogen) atoms. The summed E-state index contributed by atoms with van der Waals surface area (Å²) in [6.45, 7) is 0.173. The molecule has 0 aromatic carbocycles. The van der Waals surface area contributed by atoms with Crippen LogP contribution in [0.2, 0.25) is 0 Å². The molecule has 1 amide bonds. The van der Waals surface area contributed by atoms with Gasteiger partial charge in [-0.3, -0.25) is 9.78 Å². The molecule has 2 heterocycles. The number of carbonyl (C=O) groups is 1. The van der Waals surface area contributed by atoms with Crippen LogP contribution >= 0.6 is 0 Å². The minimum Gasteiger partial charge on any atom is -0.472 e. The zero-order valence-electron chi connectivity index (χ0n) is 9.34. The number of ether oxygens (including phenoxy) is 1. The zero-order valence-corrected chi connectivity index (χ0v) is 9.34. The van der Waals surface area contributed by atoms with E-state index in [1.54, 1.807) is 24.5 Å². The third-order valence-corrected chi connectivity index (χ3v) is 2.18. The van der Waals surface area contributed by atoms with Gasteiger partial charge in [0.15, 0.2) is 0 Å². The summed E-state index contributed by atoms with van der Waals surface area (Å²) in [6.07, 6.45) is 4.22. The Hall–Kier alpha value is -2.50. The van der Waals surface area contributed by atoms with Crippen molar-refractivity contribution in [3.05, 3.63) is 53.7 Å². The minimum atomic E-state index is -0.789. The fourth-order valence-corrected chi connectivity index (χ4v) is 1.35. The molecule has 0 bridgehead atoms. The number of hydrogen-bond acceptors (Lipinski definition) is 4. The van der Waals surface area contributed by atoms with Gasteiger partial charge in [0.05, 0.1) is 6.20 Å². The first-order chi connectivity index (χ1) is 8.66. The Morgan fingerprint density at radius 1 is 1.44 bits per heavy atom. The van der Waals surface area contributed by atoms with E-state index in [2.05, 4.69) is 9.97 Å². The number of primary amides is 1. The van der Waals surface area contributed by atoms with Crippen LogP contribution in [-0.4, -0.2) is 15.9 Å². The van der Waals surface area contributed by atoms with Crippen molar-refractivity contribution < 1.29 is 13.9 Å². The van der Waals surface area contributed by atoms with Crippen LogP contribution in [0.25, 0.3) is 0 Å². The molecular formula is C12H10FN3O2. The van der Waals surface area contributed by atoms with Crippen LogP contribution in [0.1, 0.15) is 15.9 Å². The van der Waals surface area contributed by atoms with E-state index < -0.39 is 11.7 Å². The van der Waals surface area contributed by atoms with E-state index in [-0.39, 0.29) is 18.1 Å². The Labute approximate surface area is 102 Å². The predicted molar refractivity (Wildman–Crippen MR) is 61.3 cm³/mol. The summed E-state index contributed by atoms with van der Waals surface area (Å²) in [5.74, 6) is -1.42. The standard InChI is InChI=1S/C12H10FN3O2/c13-9-4-10(11(14)17)12(16-6-9)18-7-8-2-1-3-15-5-8/h1-6H,7H2,(H2,14,17). The maximum Gasteiger partial charge on any atom is 0.254 e. The fraction of sp³-hybridized carbons (Fsp3) is 0.0833. The van der Waals surface area contributed by atoms with E-state index in [4.69, 9.17) is 10.5 Å². The van der Waals surface area contributed by atoms with Crippen LogP contribution in [0.15, 0.2) is 36.8 Å². The topological polar surface area (TPSA) is 78.1 Å². The van der Waals surface area contributed by atoms with E-state index in [1.807, 2.05) is 0 Å².